The highest BCUT2D eigenvalue weighted by Crippen LogP contribution is 2.32. The van der Waals surface area contributed by atoms with E-state index >= 15 is 0 Å². The van der Waals surface area contributed by atoms with Crippen LogP contribution in [0.1, 0.15) is 48.1 Å². The van der Waals surface area contributed by atoms with Gasteiger partial charge in [0.05, 0.1) is 24.8 Å². The Labute approximate surface area is 254 Å². The lowest BCUT2D eigenvalue weighted by atomic mass is 9.80. The van der Waals surface area contributed by atoms with Crippen LogP contribution < -0.4 is 4.74 Å². The monoisotopic (exact) mass is 579 g/mol. The van der Waals surface area contributed by atoms with Gasteiger partial charge in [-0.25, -0.2) is 0 Å². The first kappa shape index (κ1) is 30.2. The number of rotatable bonds is 7. The van der Waals surface area contributed by atoms with Crippen molar-refractivity contribution in [1.82, 2.24) is 19.7 Å². The highest BCUT2D eigenvalue weighted by molar-refractivity contribution is 5.79. The molecule has 5 rings (SSSR count). The van der Waals surface area contributed by atoms with Crippen LogP contribution >= 0.6 is 0 Å². The van der Waals surface area contributed by atoms with Gasteiger partial charge in [0.2, 0.25) is 11.8 Å². The zero-order valence-electron chi connectivity index (χ0n) is 25.0. The number of para-hydroxylation sites is 1. The van der Waals surface area contributed by atoms with Crippen LogP contribution in [0.3, 0.4) is 0 Å². The van der Waals surface area contributed by atoms with Crippen molar-refractivity contribution in [2.45, 2.75) is 45.2 Å². The number of fused-ring (bicyclic) bond motifs is 3. The van der Waals surface area contributed by atoms with E-state index in [1.165, 1.54) is 0 Å². The minimum absolute atomic E-state index is 0.119. The molecule has 2 bridgehead atoms. The fourth-order valence-electron chi connectivity index (χ4n) is 6.18. The van der Waals surface area contributed by atoms with Gasteiger partial charge in [-0.1, -0.05) is 36.4 Å². The first-order chi connectivity index (χ1) is 21.0. The van der Waals surface area contributed by atoms with Gasteiger partial charge >= 0.3 is 0 Å². The molecule has 2 aliphatic rings. The molecule has 8 nitrogen and oxygen atoms in total. The smallest absolute Gasteiger partial charge is 0.236 e. The van der Waals surface area contributed by atoms with Crippen molar-refractivity contribution >= 4 is 11.8 Å². The van der Waals surface area contributed by atoms with E-state index < -0.39 is 0 Å². The quantitative estimate of drug-likeness (QED) is 0.404. The second-order valence-electron chi connectivity index (χ2n) is 11.8. The van der Waals surface area contributed by atoms with E-state index in [1.807, 2.05) is 77.5 Å². The summed E-state index contributed by atoms with van der Waals surface area (Å²) in [5, 5.41) is 9.19. The lowest BCUT2D eigenvalue weighted by molar-refractivity contribution is -0.136. The third-order valence-electron chi connectivity index (χ3n) is 8.73. The summed E-state index contributed by atoms with van der Waals surface area (Å²) in [7, 11) is 1.88. The second-order valence-corrected chi connectivity index (χ2v) is 11.8. The zero-order chi connectivity index (χ0) is 30.0. The van der Waals surface area contributed by atoms with Crippen molar-refractivity contribution in [1.29, 1.82) is 5.26 Å². The number of nitriles is 1. The number of nitrogens with zero attached hydrogens (tertiary/aromatic N) is 5. The average molecular weight is 580 g/mol. The van der Waals surface area contributed by atoms with E-state index in [4.69, 9.17) is 4.74 Å². The molecule has 2 aromatic carbocycles. The molecule has 1 aromatic heterocycles. The number of benzene rings is 2. The SMILES string of the molecule is CN(CCc1ccccn1)C(=O)C[C@@H]1CCN2C[C@@H]1CCCOc1ccccc1CN(Cc1ccc(C#N)cc1)CC2=O. The van der Waals surface area contributed by atoms with Crippen molar-refractivity contribution in [2.75, 3.05) is 39.8 Å². The van der Waals surface area contributed by atoms with Gasteiger partial charge in [-0.15, -0.1) is 0 Å². The minimum Gasteiger partial charge on any atom is -0.493 e. The molecule has 2 aliphatic heterocycles. The molecule has 2 amide bonds. The molecule has 1 saturated heterocycles. The number of piperidine rings is 1. The van der Waals surface area contributed by atoms with Gasteiger partial charge < -0.3 is 14.5 Å². The Hall–Kier alpha value is -4.22. The van der Waals surface area contributed by atoms with E-state index in [2.05, 4.69) is 22.0 Å². The van der Waals surface area contributed by atoms with Gasteiger partial charge in [0.1, 0.15) is 5.75 Å². The van der Waals surface area contributed by atoms with E-state index in [-0.39, 0.29) is 23.7 Å². The van der Waals surface area contributed by atoms with Gasteiger partial charge in [0.15, 0.2) is 0 Å². The molecule has 1 fully saturated rings. The number of hydrogen-bond donors (Lipinski definition) is 0. The van der Waals surface area contributed by atoms with Crippen LogP contribution in [0.25, 0.3) is 0 Å². The maximum atomic E-state index is 13.7. The Kier molecular flexibility index (Phi) is 10.4. The van der Waals surface area contributed by atoms with E-state index in [0.717, 1.165) is 48.3 Å². The van der Waals surface area contributed by atoms with Crippen molar-refractivity contribution in [2.24, 2.45) is 11.8 Å². The molecule has 2 atom stereocenters. The predicted octanol–water partition coefficient (Wildman–Crippen LogP) is 4.68. The van der Waals surface area contributed by atoms with Crippen LogP contribution in [-0.4, -0.2) is 71.3 Å². The molecule has 0 aliphatic carbocycles. The molecule has 0 unspecified atom stereocenters. The van der Waals surface area contributed by atoms with Crippen LogP contribution in [0, 0.1) is 23.2 Å². The number of carbonyl (C=O) groups is 2. The molecule has 3 aromatic rings. The lowest BCUT2D eigenvalue weighted by Crippen LogP contribution is -2.48. The number of carbonyl (C=O) groups excluding carboxylic acids is 2. The molecular weight excluding hydrogens is 538 g/mol. The summed E-state index contributed by atoms with van der Waals surface area (Å²) in [5.74, 6) is 1.61. The number of hydrogen-bond acceptors (Lipinski definition) is 6. The summed E-state index contributed by atoms with van der Waals surface area (Å²) in [4.78, 5) is 37.3. The Morgan fingerprint density at radius 3 is 2.67 bits per heavy atom. The maximum absolute atomic E-state index is 13.7. The first-order valence-electron chi connectivity index (χ1n) is 15.3. The molecule has 0 N–H and O–H groups in total. The second kappa shape index (κ2) is 14.8. The van der Waals surface area contributed by atoms with Gasteiger partial charge in [0, 0.05) is 70.1 Å². The number of aromatic nitrogens is 1. The van der Waals surface area contributed by atoms with Gasteiger partial charge in [-0.05, 0) is 67.0 Å². The highest BCUT2D eigenvalue weighted by atomic mass is 16.5. The van der Waals surface area contributed by atoms with Crippen molar-refractivity contribution < 1.29 is 14.3 Å². The van der Waals surface area contributed by atoms with Crippen LogP contribution in [0.2, 0.25) is 0 Å². The topological polar surface area (TPSA) is 89.8 Å². The Balaban J connectivity index is 1.27. The molecule has 8 heteroatoms. The van der Waals surface area contributed by atoms with Crippen LogP contribution in [-0.2, 0) is 29.1 Å². The number of ether oxygens (including phenoxy) is 1. The third kappa shape index (κ3) is 8.42. The first-order valence-corrected chi connectivity index (χ1v) is 15.3. The lowest BCUT2D eigenvalue weighted by Gasteiger charge is -2.39. The van der Waals surface area contributed by atoms with Gasteiger partial charge in [0.25, 0.3) is 0 Å². The summed E-state index contributed by atoms with van der Waals surface area (Å²) in [6.07, 6.45) is 5.63. The number of amides is 2. The molecule has 224 valence electrons. The fourth-order valence-corrected chi connectivity index (χ4v) is 6.18. The summed E-state index contributed by atoms with van der Waals surface area (Å²) >= 11 is 0. The Morgan fingerprint density at radius 2 is 1.88 bits per heavy atom. The van der Waals surface area contributed by atoms with Crippen LogP contribution in [0.4, 0.5) is 0 Å². The fraction of sp³-hybridized carbons (Fsp3) is 0.429. The normalized spacial score (nSPS) is 19.5. The predicted molar refractivity (Wildman–Crippen MR) is 165 cm³/mol. The molecule has 43 heavy (non-hydrogen) atoms. The van der Waals surface area contributed by atoms with Crippen molar-refractivity contribution in [3.63, 3.8) is 0 Å². The van der Waals surface area contributed by atoms with Crippen LogP contribution in [0.15, 0.2) is 72.9 Å². The Morgan fingerprint density at radius 1 is 1.07 bits per heavy atom. The van der Waals surface area contributed by atoms with Gasteiger partial charge in [-0.3, -0.25) is 19.5 Å². The van der Waals surface area contributed by atoms with E-state index in [0.29, 0.717) is 57.9 Å². The summed E-state index contributed by atoms with van der Waals surface area (Å²) in [5.41, 5.74) is 3.71. The summed E-state index contributed by atoms with van der Waals surface area (Å²) in [6.45, 7) is 4.05. The summed E-state index contributed by atoms with van der Waals surface area (Å²) in [6, 6.07) is 23.6. The van der Waals surface area contributed by atoms with Crippen molar-refractivity contribution in [3.8, 4) is 11.8 Å². The molecule has 0 spiro atoms. The largest absolute Gasteiger partial charge is 0.493 e. The molecule has 3 heterocycles. The standard InChI is InChI=1S/C35H41N5O3/c1-38(18-16-32-9-4-5-17-37-32)34(41)21-29-15-19-40-25-30(29)8-6-20-43-33-10-3-2-7-31(33)24-39(26-35(40)42)23-28-13-11-27(22-36)12-14-28/h2-5,7,9-14,17,29-30H,6,8,15-16,18-21,23-26H2,1H3/t29-,30-/m0/s1. The molecular formula is C35H41N5O3. The zero-order valence-corrected chi connectivity index (χ0v) is 25.0. The minimum atomic E-state index is 0.119. The number of pyridine rings is 1. The molecule has 0 saturated carbocycles. The Bertz CT molecular complexity index is 1400. The van der Waals surface area contributed by atoms with Crippen LogP contribution in [0.5, 0.6) is 5.75 Å². The summed E-state index contributed by atoms with van der Waals surface area (Å²) < 4.78 is 6.28. The number of likely N-dealkylation sites (N-methyl/N-ethyl adjacent to an activating group) is 1. The third-order valence-corrected chi connectivity index (χ3v) is 8.73. The highest BCUT2D eigenvalue weighted by Gasteiger charge is 2.34. The van der Waals surface area contributed by atoms with Crippen molar-refractivity contribution in [3.05, 3.63) is 95.3 Å². The molecule has 0 radical (unpaired) electrons. The van der Waals surface area contributed by atoms with Gasteiger partial charge in [-0.2, -0.15) is 5.26 Å². The van der Waals surface area contributed by atoms with E-state index in [1.54, 1.807) is 6.20 Å². The average Bonchev–Trinajstić information content (AvgIpc) is 3.04. The van der Waals surface area contributed by atoms with E-state index in [9.17, 15) is 14.9 Å². The maximum Gasteiger partial charge on any atom is 0.236 e.